The van der Waals surface area contributed by atoms with Crippen molar-refractivity contribution in [3.63, 3.8) is 0 Å². The third-order valence-electron chi connectivity index (χ3n) is 3.47. The maximum Gasteiger partial charge on any atom is 0.0542 e. The summed E-state index contributed by atoms with van der Waals surface area (Å²) in [5.74, 6) is 0. The van der Waals surface area contributed by atoms with Crippen molar-refractivity contribution in [2.24, 2.45) is 0 Å². The van der Waals surface area contributed by atoms with E-state index in [-0.39, 0.29) is 0 Å². The second kappa shape index (κ2) is 7.12. The molecule has 2 rings (SSSR count). The molecule has 1 fully saturated rings. The fourth-order valence-electron chi connectivity index (χ4n) is 2.42. The van der Waals surface area contributed by atoms with Gasteiger partial charge in [-0.2, -0.15) is 0 Å². The van der Waals surface area contributed by atoms with Gasteiger partial charge >= 0.3 is 0 Å². The molecule has 1 aromatic heterocycles. The maximum absolute atomic E-state index is 4.40. The Kier molecular flexibility index (Phi) is 5.46. The van der Waals surface area contributed by atoms with Gasteiger partial charge in [0.25, 0.3) is 0 Å². The smallest absolute Gasteiger partial charge is 0.0542 e. The quantitative estimate of drug-likeness (QED) is 0.910. The molecular weight excluding hydrogens is 276 g/mol. The lowest BCUT2D eigenvalue weighted by Gasteiger charge is -2.20. The van der Waals surface area contributed by atoms with Crippen LogP contribution >= 0.6 is 15.9 Å². The molecule has 0 spiro atoms. The number of pyridine rings is 1. The van der Waals surface area contributed by atoms with Crippen LogP contribution in [0.4, 0.5) is 0 Å². The van der Waals surface area contributed by atoms with Gasteiger partial charge in [-0.05, 0) is 40.9 Å². The summed E-state index contributed by atoms with van der Waals surface area (Å²) in [6.07, 6.45) is 11.5. The Morgan fingerprint density at radius 2 is 1.82 bits per heavy atom. The minimum absolute atomic E-state index is 0.695. The first-order chi connectivity index (χ1) is 8.34. The molecule has 1 heterocycles. The predicted octanol–water partition coefficient (Wildman–Crippen LogP) is 4.05. The Balaban J connectivity index is 1.77. The zero-order valence-corrected chi connectivity index (χ0v) is 11.9. The van der Waals surface area contributed by atoms with Gasteiger partial charge in [-0.15, -0.1) is 0 Å². The number of nitrogens with one attached hydrogen (secondary N) is 1. The third kappa shape index (κ3) is 4.76. The van der Waals surface area contributed by atoms with Crippen molar-refractivity contribution in [1.82, 2.24) is 10.3 Å². The Bertz CT molecular complexity index is 315. The largest absolute Gasteiger partial charge is 0.308 e. The Morgan fingerprint density at radius 3 is 2.47 bits per heavy atom. The first-order valence-electron chi connectivity index (χ1n) is 6.68. The van der Waals surface area contributed by atoms with Gasteiger partial charge in [0.15, 0.2) is 0 Å². The average molecular weight is 297 g/mol. The Morgan fingerprint density at radius 1 is 1.12 bits per heavy atom. The lowest BCUT2D eigenvalue weighted by molar-refractivity contribution is 0.387. The highest BCUT2D eigenvalue weighted by Crippen LogP contribution is 2.17. The molecule has 0 atom stereocenters. The first kappa shape index (κ1) is 13.0. The molecule has 0 radical (unpaired) electrons. The standard InChI is InChI=1S/C14H21BrN2/c15-12-8-9-14(16-10-12)11-17-13-6-4-2-1-3-5-7-13/h8-10,13,17H,1-7,11H2. The molecule has 1 saturated carbocycles. The van der Waals surface area contributed by atoms with Gasteiger partial charge in [0.05, 0.1) is 5.69 Å². The van der Waals surface area contributed by atoms with Crippen LogP contribution in [0.15, 0.2) is 22.8 Å². The molecule has 1 aliphatic carbocycles. The van der Waals surface area contributed by atoms with Gasteiger partial charge in [0.1, 0.15) is 0 Å². The van der Waals surface area contributed by atoms with Gasteiger partial charge in [0, 0.05) is 23.3 Å². The molecule has 0 saturated heterocycles. The summed E-state index contributed by atoms with van der Waals surface area (Å²) in [5.41, 5.74) is 1.13. The minimum atomic E-state index is 0.695. The summed E-state index contributed by atoms with van der Waals surface area (Å²) in [6.45, 7) is 0.901. The van der Waals surface area contributed by atoms with E-state index >= 15 is 0 Å². The monoisotopic (exact) mass is 296 g/mol. The number of hydrogen-bond acceptors (Lipinski definition) is 2. The third-order valence-corrected chi connectivity index (χ3v) is 3.93. The molecule has 0 aromatic carbocycles. The van der Waals surface area contributed by atoms with Crippen LogP contribution in [0.25, 0.3) is 0 Å². The average Bonchev–Trinajstić information content (AvgIpc) is 2.30. The highest BCUT2D eigenvalue weighted by Gasteiger charge is 2.10. The van der Waals surface area contributed by atoms with Crippen molar-refractivity contribution >= 4 is 15.9 Å². The van der Waals surface area contributed by atoms with Crippen molar-refractivity contribution in [2.45, 2.75) is 57.5 Å². The van der Waals surface area contributed by atoms with E-state index in [2.05, 4.69) is 38.4 Å². The van der Waals surface area contributed by atoms with Crippen LogP contribution in [0.3, 0.4) is 0 Å². The fraction of sp³-hybridized carbons (Fsp3) is 0.643. The van der Waals surface area contributed by atoms with Crippen molar-refractivity contribution in [2.75, 3.05) is 0 Å². The van der Waals surface area contributed by atoms with E-state index in [4.69, 9.17) is 0 Å². The molecule has 0 amide bonds. The van der Waals surface area contributed by atoms with Crippen molar-refractivity contribution in [1.29, 1.82) is 0 Å². The topological polar surface area (TPSA) is 24.9 Å². The van der Waals surface area contributed by atoms with Crippen LogP contribution in [0.5, 0.6) is 0 Å². The molecule has 3 heteroatoms. The summed E-state index contributed by atoms with van der Waals surface area (Å²) in [5, 5.41) is 3.65. The zero-order valence-electron chi connectivity index (χ0n) is 10.3. The summed E-state index contributed by atoms with van der Waals surface area (Å²) in [7, 11) is 0. The highest BCUT2D eigenvalue weighted by atomic mass is 79.9. The van der Waals surface area contributed by atoms with E-state index in [1.165, 1.54) is 44.9 Å². The van der Waals surface area contributed by atoms with Gasteiger partial charge in [-0.25, -0.2) is 0 Å². The number of hydrogen-bond donors (Lipinski definition) is 1. The van der Waals surface area contributed by atoms with Gasteiger partial charge < -0.3 is 5.32 Å². The first-order valence-corrected chi connectivity index (χ1v) is 7.48. The summed E-state index contributed by atoms with van der Waals surface area (Å²) in [4.78, 5) is 4.40. The van der Waals surface area contributed by atoms with E-state index in [9.17, 15) is 0 Å². The van der Waals surface area contributed by atoms with Crippen LogP contribution in [0.1, 0.15) is 50.6 Å². The maximum atomic E-state index is 4.40. The normalized spacial score (nSPS) is 18.6. The van der Waals surface area contributed by atoms with E-state index in [0.717, 1.165) is 16.7 Å². The highest BCUT2D eigenvalue weighted by molar-refractivity contribution is 9.10. The molecule has 0 aliphatic heterocycles. The lowest BCUT2D eigenvalue weighted by Crippen LogP contribution is -2.29. The summed E-state index contributed by atoms with van der Waals surface area (Å²) < 4.78 is 1.05. The number of aromatic nitrogens is 1. The number of halogens is 1. The molecule has 0 bridgehead atoms. The molecule has 1 aromatic rings. The Labute approximate surface area is 112 Å². The molecular formula is C14H21BrN2. The number of nitrogens with zero attached hydrogens (tertiary/aromatic N) is 1. The van der Waals surface area contributed by atoms with Crippen molar-refractivity contribution in [3.8, 4) is 0 Å². The van der Waals surface area contributed by atoms with Crippen molar-refractivity contribution < 1.29 is 0 Å². The molecule has 1 N–H and O–H groups in total. The fourth-order valence-corrected chi connectivity index (χ4v) is 2.65. The van der Waals surface area contributed by atoms with Crippen LogP contribution in [-0.2, 0) is 6.54 Å². The van der Waals surface area contributed by atoms with Crippen molar-refractivity contribution in [3.05, 3.63) is 28.5 Å². The van der Waals surface area contributed by atoms with E-state index in [0.29, 0.717) is 6.04 Å². The molecule has 17 heavy (non-hydrogen) atoms. The Hall–Kier alpha value is -0.410. The van der Waals surface area contributed by atoms with Crippen LogP contribution in [-0.4, -0.2) is 11.0 Å². The van der Waals surface area contributed by atoms with Gasteiger partial charge in [-0.3, -0.25) is 4.98 Å². The lowest BCUT2D eigenvalue weighted by atomic mass is 9.97. The molecule has 1 aliphatic rings. The van der Waals surface area contributed by atoms with E-state index in [1.54, 1.807) is 0 Å². The SMILES string of the molecule is Brc1ccc(CNC2CCCCCCC2)nc1. The zero-order chi connectivity index (χ0) is 11.9. The van der Waals surface area contributed by atoms with Gasteiger partial charge in [-0.1, -0.05) is 32.1 Å². The minimum Gasteiger partial charge on any atom is -0.308 e. The summed E-state index contributed by atoms with van der Waals surface area (Å²) >= 11 is 3.41. The van der Waals surface area contributed by atoms with Crippen LogP contribution < -0.4 is 5.32 Å². The molecule has 0 unspecified atom stereocenters. The number of rotatable bonds is 3. The van der Waals surface area contributed by atoms with E-state index in [1.807, 2.05) is 6.20 Å². The second-order valence-electron chi connectivity index (χ2n) is 4.89. The predicted molar refractivity (Wildman–Crippen MR) is 74.9 cm³/mol. The van der Waals surface area contributed by atoms with Gasteiger partial charge in [0.2, 0.25) is 0 Å². The van der Waals surface area contributed by atoms with Crippen LogP contribution in [0.2, 0.25) is 0 Å². The van der Waals surface area contributed by atoms with E-state index < -0.39 is 0 Å². The molecule has 2 nitrogen and oxygen atoms in total. The molecule has 94 valence electrons. The van der Waals surface area contributed by atoms with Crippen LogP contribution in [0, 0.1) is 0 Å². The second-order valence-corrected chi connectivity index (χ2v) is 5.81. The summed E-state index contributed by atoms with van der Waals surface area (Å²) in [6, 6.07) is 4.84.